The smallest absolute Gasteiger partial charge is 0.317 e. The highest BCUT2D eigenvalue weighted by Gasteiger charge is 2.31. The third kappa shape index (κ3) is 3.85. The summed E-state index contributed by atoms with van der Waals surface area (Å²) in [4.78, 5) is 24.4. The van der Waals surface area contributed by atoms with Crippen LogP contribution in [0.2, 0.25) is 0 Å². The van der Waals surface area contributed by atoms with Crippen LogP contribution in [-0.4, -0.2) is 41.6 Å². The van der Waals surface area contributed by atoms with Crippen LogP contribution in [0.1, 0.15) is 39.0 Å². The molecule has 2 amide bonds. The van der Waals surface area contributed by atoms with Crippen molar-refractivity contribution in [2.24, 2.45) is 17.8 Å². The Kier molecular flexibility index (Phi) is 4.66. The molecule has 1 aliphatic heterocycles. The number of aliphatic carboxylic acids is 1. The van der Waals surface area contributed by atoms with E-state index in [1.54, 1.807) is 4.90 Å². The standard InChI is InChI=1S/C14H24N2O3/c1-10-3-2-4-11(7-10)8-15-14(19)16-6-5-12(9-16)13(17)18/h10-12H,2-9H2,1H3,(H,15,19)(H,17,18). The SMILES string of the molecule is CC1CCCC(CNC(=O)N2CCC(C(=O)O)C2)C1. The van der Waals surface area contributed by atoms with Gasteiger partial charge in [0, 0.05) is 19.6 Å². The number of likely N-dealkylation sites (tertiary alicyclic amines) is 1. The van der Waals surface area contributed by atoms with Gasteiger partial charge < -0.3 is 15.3 Å². The first-order chi connectivity index (χ1) is 9.06. The molecule has 3 atom stereocenters. The zero-order valence-corrected chi connectivity index (χ0v) is 11.6. The van der Waals surface area contributed by atoms with Crippen molar-refractivity contribution in [3.63, 3.8) is 0 Å². The van der Waals surface area contributed by atoms with Crippen molar-refractivity contribution in [2.75, 3.05) is 19.6 Å². The molecule has 0 aromatic heterocycles. The Morgan fingerprint density at radius 2 is 2.11 bits per heavy atom. The Balaban J connectivity index is 1.71. The molecule has 2 rings (SSSR count). The topological polar surface area (TPSA) is 69.6 Å². The van der Waals surface area contributed by atoms with Gasteiger partial charge in [-0.3, -0.25) is 4.79 Å². The molecule has 1 saturated heterocycles. The van der Waals surface area contributed by atoms with Gasteiger partial charge in [-0.15, -0.1) is 0 Å². The molecule has 2 N–H and O–H groups in total. The van der Waals surface area contributed by atoms with Crippen molar-refractivity contribution >= 4 is 12.0 Å². The molecule has 0 aromatic rings. The highest BCUT2D eigenvalue weighted by Crippen LogP contribution is 2.28. The molecule has 1 heterocycles. The number of carboxylic acids is 1. The van der Waals surface area contributed by atoms with Gasteiger partial charge in [0.05, 0.1) is 5.92 Å². The van der Waals surface area contributed by atoms with Crippen molar-refractivity contribution in [2.45, 2.75) is 39.0 Å². The first-order valence-electron chi connectivity index (χ1n) is 7.32. The lowest BCUT2D eigenvalue weighted by atomic mass is 9.82. The van der Waals surface area contributed by atoms with E-state index in [0.29, 0.717) is 25.4 Å². The van der Waals surface area contributed by atoms with Gasteiger partial charge in [-0.25, -0.2) is 4.79 Å². The summed E-state index contributed by atoms with van der Waals surface area (Å²) in [6.45, 7) is 3.91. The maximum Gasteiger partial charge on any atom is 0.317 e. The van der Waals surface area contributed by atoms with E-state index in [-0.39, 0.29) is 11.9 Å². The van der Waals surface area contributed by atoms with E-state index in [1.165, 1.54) is 25.7 Å². The lowest BCUT2D eigenvalue weighted by Gasteiger charge is -2.27. The highest BCUT2D eigenvalue weighted by atomic mass is 16.4. The van der Waals surface area contributed by atoms with Crippen LogP contribution in [0.25, 0.3) is 0 Å². The molecule has 5 heteroatoms. The summed E-state index contributed by atoms with van der Waals surface area (Å²) in [6.07, 6.45) is 5.52. The second kappa shape index (κ2) is 6.26. The van der Waals surface area contributed by atoms with Crippen LogP contribution < -0.4 is 5.32 Å². The predicted molar refractivity (Wildman–Crippen MR) is 71.8 cm³/mol. The van der Waals surface area contributed by atoms with E-state index in [9.17, 15) is 9.59 Å². The third-order valence-corrected chi connectivity index (χ3v) is 4.41. The van der Waals surface area contributed by atoms with E-state index in [1.807, 2.05) is 0 Å². The molecule has 0 aromatic carbocycles. The summed E-state index contributed by atoms with van der Waals surface area (Å²) in [5.74, 6) is 0.168. The van der Waals surface area contributed by atoms with Gasteiger partial charge in [0.1, 0.15) is 0 Å². The Morgan fingerprint density at radius 1 is 1.32 bits per heavy atom. The molecule has 1 saturated carbocycles. The largest absolute Gasteiger partial charge is 0.481 e. The van der Waals surface area contributed by atoms with Crippen LogP contribution in [-0.2, 0) is 4.79 Å². The zero-order chi connectivity index (χ0) is 13.8. The van der Waals surface area contributed by atoms with Gasteiger partial charge in [0.15, 0.2) is 0 Å². The third-order valence-electron chi connectivity index (χ3n) is 4.41. The summed E-state index contributed by atoms with van der Waals surface area (Å²) >= 11 is 0. The molecule has 5 nitrogen and oxygen atoms in total. The summed E-state index contributed by atoms with van der Waals surface area (Å²) < 4.78 is 0. The first kappa shape index (κ1) is 14.2. The minimum absolute atomic E-state index is 0.0954. The number of amides is 2. The molecule has 3 unspecified atom stereocenters. The Hall–Kier alpha value is -1.26. The number of hydrogen-bond acceptors (Lipinski definition) is 2. The predicted octanol–water partition coefficient (Wildman–Crippen LogP) is 1.93. The van der Waals surface area contributed by atoms with Crippen molar-refractivity contribution in [3.05, 3.63) is 0 Å². The molecule has 0 radical (unpaired) electrons. The van der Waals surface area contributed by atoms with Crippen LogP contribution in [0.3, 0.4) is 0 Å². The van der Waals surface area contributed by atoms with Gasteiger partial charge >= 0.3 is 12.0 Å². The number of nitrogens with one attached hydrogen (secondary N) is 1. The van der Waals surface area contributed by atoms with Gasteiger partial charge in [-0.2, -0.15) is 0 Å². The van der Waals surface area contributed by atoms with Crippen molar-refractivity contribution in [1.29, 1.82) is 0 Å². The number of hydrogen-bond donors (Lipinski definition) is 2. The highest BCUT2D eigenvalue weighted by molar-refractivity contribution is 5.77. The molecular formula is C14H24N2O3. The fourth-order valence-electron chi connectivity index (χ4n) is 3.23. The van der Waals surface area contributed by atoms with Crippen molar-refractivity contribution in [3.8, 4) is 0 Å². The van der Waals surface area contributed by atoms with E-state index in [4.69, 9.17) is 5.11 Å². The minimum atomic E-state index is -0.795. The van der Waals surface area contributed by atoms with Crippen LogP contribution >= 0.6 is 0 Å². The Bertz CT molecular complexity index is 346. The van der Waals surface area contributed by atoms with Gasteiger partial charge in [-0.1, -0.05) is 19.8 Å². The van der Waals surface area contributed by atoms with E-state index in [2.05, 4.69) is 12.2 Å². The molecule has 2 aliphatic rings. The summed E-state index contributed by atoms with van der Waals surface area (Å²) in [5.41, 5.74) is 0. The second-order valence-corrected chi connectivity index (χ2v) is 6.09. The second-order valence-electron chi connectivity index (χ2n) is 6.09. The molecule has 19 heavy (non-hydrogen) atoms. The maximum atomic E-state index is 12.0. The molecule has 0 spiro atoms. The molecule has 2 fully saturated rings. The van der Waals surface area contributed by atoms with Crippen LogP contribution in [0.5, 0.6) is 0 Å². The van der Waals surface area contributed by atoms with E-state index in [0.717, 1.165) is 12.5 Å². The number of rotatable bonds is 3. The Morgan fingerprint density at radius 3 is 2.74 bits per heavy atom. The van der Waals surface area contributed by atoms with E-state index < -0.39 is 5.97 Å². The molecule has 1 aliphatic carbocycles. The van der Waals surface area contributed by atoms with Crippen molar-refractivity contribution in [1.82, 2.24) is 10.2 Å². The average Bonchev–Trinajstić information content (AvgIpc) is 2.86. The van der Waals surface area contributed by atoms with Crippen molar-refractivity contribution < 1.29 is 14.7 Å². The molecule has 108 valence electrons. The minimum Gasteiger partial charge on any atom is -0.481 e. The van der Waals surface area contributed by atoms with Gasteiger partial charge in [-0.05, 0) is 31.1 Å². The quantitative estimate of drug-likeness (QED) is 0.821. The van der Waals surface area contributed by atoms with Crippen LogP contribution in [0.4, 0.5) is 4.79 Å². The normalized spacial score (nSPS) is 31.2. The lowest BCUT2D eigenvalue weighted by molar-refractivity contribution is -0.141. The molecule has 0 bridgehead atoms. The number of nitrogens with zero attached hydrogens (tertiary/aromatic N) is 1. The van der Waals surface area contributed by atoms with Crippen LogP contribution in [0, 0.1) is 17.8 Å². The lowest BCUT2D eigenvalue weighted by Crippen LogP contribution is -2.41. The summed E-state index contributed by atoms with van der Waals surface area (Å²) in [5, 5.41) is 11.9. The number of carboxylic acid groups (broad SMARTS) is 1. The number of carbonyl (C=O) groups excluding carboxylic acids is 1. The number of urea groups is 1. The van der Waals surface area contributed by atoms with E-state index >= 15 is 0 Å². The summed E-state index contributed by atoms with van der Waals surface area (Å²) in [6, 6.07) is -0.0954. The fourth-order valence-corrected chi connectivity index (χ4v) is 3.23. The van der Waals surface area contributed by atoms with Gasteiger partial charge in [0.25, 0.3) is 0 Å². The molecular weight excluding hydrogens is 244 g/mol. The zero-order valence-electron chi connectivity index (χ0n) is 11.6. The number of carbonyl (C=O) groups is 2. The Labute approximate surface area is 114 Å². The monoisotopic (exact) mass is 268 g/mol. The fraction of sp³-hybridized carbons (Fsp3) is 0.857. The first-order valence-corrected chi connectivity index (χ1v) is 7.32. The maximum absolute atomic E-state index is 12.0. The van der Waals surface area contributed by atoms with Gasteiger partial charge in [0.2, 0.25) is 0 Å². The van der Waals surface area contributed by atoms with Crippen LogP contribution in [0.15, 0.2) is 0 Å². The average molecular weight is 268 g/mol. The summed E-state index contributed by atoms with van der Waals surface area (Å²) in [7, 11) is 0.